The van der Waals surface area contributed by atoms with Crippen molar-refractivity contribution in [2.24, 2.45) is 0 Å². The smallest absolute Gasteiger partial charge is 0.266 e. The Balaban J connectivity index is 2.44. The second-order valence-electron chi connectivity index (χ2n) is 2.80. The molecule has 2 rings (SSSR count). The molecule has 1 aromatic carbocycles. The molecule has 14 heavy (non-hydrogen) atoms. The first kappa shape index (κ1) is 9.15. The minimum atomic E-state index is -0.189. The molecule has 0 fully saturated rings. The van der Waals surface area contributed by atoms with Gasteiger partial charge in [-0.2, -0.15) is 0 Å². The minimum Gasteiger partial charge on any atom is -0.326 e. The van der Waals surface area contributed by atoms with Crippen molar-refractivity contribution in [1.29, 1.82) is 0 Å². The summed E-state index contributed by atoms with van der Waals surface area (Å²) in [6, 6.07) is 7.74. The number of nitrogens with zero attached hydrogens (tertiary/aromatic N) is 1. The molecular weight excluding hydrogens is 244 g/mol. The number of H-pyrrole nitrogens is 1. The number of hydrogen-bond acceptors (Lipinski definition) is 2. The number of halogens is 1. The Morgan fingerprint density at radius 3 is 2.50 bits per heavy atom. The molecule has 1 aromatic heterocycles. The Bertz CT molecular complexity index is 470. The molecule has 70 valence electrons. The van der Waals surface area contributed by atoms with Crippen LogP contribution in [-0.4, -0.2) is 9.97 Å². The Morgan fingerprint density at radius 1 is 1.21 bits per heavy atom. The lowest BCUT2D eigenvalue weighted by molar-refractivity contribution is 1.14. The third-order valence-electron chi connectivity index (χ3n) is 1.81. The van der Waals surface area contributed by atoms with E-state index in [1.54, 1.807) is 6.20 Å². The van der Waals surface area contributed by atoms with Crippen molar-refractivity contribution in [3.63, 3.8) is 0 Å². The van der Waals surface area contributed by atoms with Gasteiger partial charge in [0.05, 0.1) is 11.9 Å². The maximum Gasteiger partial charge on any atom is 0.266 e. The molecule has 1 N–H and O–H groups in total. The standard InChI is InChI=1S/C10H7BrN2O/c11-8-3-1-7(2-4-8)9-5-13-10(14)6-12-9/h1-6H,(H,13,14). The maximum absolute atomic E-state index is 10.8. The lowest BCUT2D eigenvalue weighted by Crippen LogP contribution is -2.04. The van der Waals surface area contributed by atoms with Crippen molar-refractivity contribution in [2.45, 2.75) is 0 Å². The van der Waals surface area contributed by atoms with Crippen molar-refractivity contribution in [3.05, 3.63) is 51.5 Å². The van der Waals surface area contributed by atoms with E-state index in [1.807, 2.05) is 24.3 Å². The molecule has 0 atom stereocenters. The summed E-state index contributed by atoms with van der Waals surface area (Å²) >= 11 is 3.35. The zero-order valence-electron chi connectivity index (χ0n) is 7.20. The monoisotopic (exact) mass is 250 g/mol. The first-order valence-corrected chi connectivity index (χ1v) is 4.86. The van der Waals surface area contributed by atoms with Crippen molar-refractivity contribution < 1.29 is 0 Å². The highest BCUT2D eigenvalue weighted by molar-refractivity contribution is 9.10. The van der Waals surface area contributed by atoms with E-state index < -0.39 is 0 Å². The van der Waals surface area contributed by atoms with E-state index in [0.717, 1.165) is 15.7 Å². The van der Waals surface area contributed by atoms with Gasteiger partial charge < -0.3 is 4.98 Å². The van der Waals surface area contributed by atoms with Crippen LogP contribution in [0, 0.1) is 0 Å². The molecule has 0 radical (unpaired) electrons. The van der Waals surface area contributed by atoms with Gasteiger partial charge in [-0.1, -0.05) is 28.1 Å². The first-order chi connectivity index (χ1) is 6.75. The summed E-state index contributed by atoms with van der Waals surface area (Å²) in [5.74, 6) is 0. The van der Waals surface area contributed by atoms with Gasteiger partial charge in [0.25, 0.3) is 5.56 Å². The van der Waals surface area contributed by atoms with Crippen LogP contribution in [0.1, 0.15) is 0 Å². The van der Waals surface area contributed by atoms with E-state index in [0.29, 0.717) is 0 Å². The summed E-state index contributed by atoms with van der Waals surface area (Å²) in [4.78, 5) is 17.4. The highest BCUT2D eigenvalue weighted by Crippen LogP contribution is 2.17. The normalized spacial score (nSPS) is 10.1. The third kappa shape index (κ3) is 1.90. The zero-order chi connectivity index (χ0) is 9.97. The van der Waals surface area contributed by atoms with Gasteiger partial charge in [0.1, 0.15) is 0 Å². The van der Waals surface area contributed by atoms with Crippen LogP contribution in [0.2, 0.25) is 0 Å². The van der Waals surface area contributed by atoms with Gasteiger partial charge in [-0.3, -0.25) is 4.79 Å². The Labute approximate surface area is 89.0 Å². The van der Waals surface area contributed by atoms with E-state index >= 15 is 0 Å². The number of nitrogens with one attached hydrogen (secondary N) is 1. The van der Waals surface area contributed by atoms with Gasteiger partial charge in [-0.05, 0) is 12.1 Å². The topological polar surface area (TPSA) is 45.8 Å². The predicted molar refractivity (Wildman–Crippen MR) is 58.0 cm³/mol. The molecule has 0 aliphatic heterocycles. The Kier molecular flexibility index (Phi) is 2.45. The second-order valence-corrected chi connectivity index (χ2v) is 3.72. The minimum absolute atomic E-state index is 0.189. The van der Waals surface area contributed by atoms with E-state index in [4.69, 9.17) is 0 Å². The van der Waals surface area contributed by atoms with Crippen LogP contribution < -0.4 is 5.56 Å². The summed E-state index contributed by atoms with van der Waals surface area (Å²) < 4.78 is 1.02. The lowest BCUT2D eigenvalue weighted by Gasteiger charge is -1.98. The third-order valence-corrected chi connectivity index (χ3v) is 2.34. The maximum atomic E-state index is 10.8. The van der Waals surface area contributed by atoms with E-state index in [2.05, 4.69) is 25.9 Å². The van der Waals surface area contributed by atoms with Crippen LogP contribution in [0.3, 0.4) is 0 Å². The number of aromatic nitrogens is 2. The van der Waals surface area contributed by atoms with Gasteiger partial charge in [0, 0.05) is 16.2 Å². The Morgan fingerprint density at radius 2 is 1.93 bits per heavy atom. The van der Waals surface area contributed by atoms with Crippen LogP contribution in [0.4, 0.5) is 0 Å². The second kappa shape index (κ2) is 3.75. The number of hydrogen-bond donors (Lipinski definition) is 1. The molecule has 0 unspecified atom stereocenters. The molecule has 0 spiro atoms. The molecule has 2 aromatic rings. The molecule has 0 saturated heterocycles. The quantitative estimate of drug-likeness (QED) is 0.844. The van der Waals surface area contributed by atoms with E-state index in [-0.39, 0.29) is 5.56 Å². The van der Waals surface area contributed by atoms with Crippen molar-refractivity contribution >= 4 is 15.9 Å². The summed E-state index contributed by atoms with van der Waals surface area (Å²) in [6.45, 7) is 0. The van der Waals surface area contributed by atoms with E-state index in [9.17, 15) is 4.79 Å². The predicted octanol–water partition coefficient (Wildman–Crippen LogP) is 2.20. The SMILES string of the molecule is O=c1cnc(-c2ccc(Br)cc2)c[nH]1. The van der Waals surface area contributed by atoms with Crippen LogP contribution in [0.15, 0.2) is 45.9 Å². The summed E-state index contributed by atoms with van der Waals surface area (Å²) in [5.41, 5.74) is 1.55. The molecule has 0 aliphatic carbocycles. The van der Waals surface area contributed by atoms with Crippen LogP contribution >= 0.6 is 15.9 Å². The van der Waals surface area contributed by atoms with Gasteiger partial charge in [-0.15, -0.1) is 0 Å². The van der Waals surface area contributed by atoms with Crippen LogP contribution in [0.5, 0.6) is 0 Å². The summed E-state index contributed by atoms with van der Waals surface area (Å²) in [6.07, 6.45) is 2.88. The van der Waals surface area contributed by atoms with Crippen LogP contribution in [-0.2, 0) is 0 Å². The molecule has 1 heterocycles. The first-order valence-electron chi connectivity index (χ1n) is 4.06. The van der Waals surface area contributed by atoms with E-state index in [1.165, 1.54) is 6.20 Å². The highest BCUT2D eigenvalue weighted by Gasteiger charge is 1.97. The lowest BCUT2D eigenvalue weighted by atomic mass is 10.2. The van der Waals surface area contributed by atoms with Crippen molar-refractivity contribution in [3.8, 4) is 11.3 Å². The molecular formula is C10H7BrN2O. The molecule has 0 bridgehead atoms. The van der Waals surface area contributed by atoms with Crippen LogP contribution in [0.25, 0.3) is 11.3 Å². The fourth-order valence-electron chi connectivity index (χ4n) is 1.12. The fraction of sp³-hybridized carbons (Fsp3) is 0. The molecule has 4 heteroatoms. The molecule has 0 amide bonds. The van der Waals surface area contributed by atoms with Gasteiger partial charge in [0.2, 0.25) is 0 Å². The zero-order valence-corrected chi connectivity index (χ0v) is 8.78. The van der Waals surface area contributed by atoms with Crippen molar-refractivity contribution in [1.82, 2.24) is 9.97 Å². The number of rotatable bonds is 1. The van der Waals surface area contributed by atoms with Crippen molar-refractivity contribution in [2.75, 3.05) is 0 Å². The molecule has 0 saturated carbocycles. The largest absolute Gasteiger partial charge is 0.326 e. The molecule has 0 aliphatic rings. The average molecular weight is 251 g/mol. The Hall–Kier alpha value is -1.42. The summed E-state index contributed by atoms with van der Waals surface area (Å²) in [7, 11) is 0. The molecule has 3 nitrogen and oxygen atoms in total. The van der Waals surface area contributed by atoms with Gasteiger partial charge in [0.15, 0.2) is 0 Å². The highest BCUT2D eigenvalue weighted by atomic mass is 79.9. The van der Waals surface area contributed by atoms with Gasteiger partial charge >= 0.3 is 0 Å². The summed E-state index contributed by atoms with van der Waals surface area (Å²) in [5, 5.41) is 0. The average Bonchev–Trinajstić information content (AvgIpc) is 2.21. The number of benzene rings is 1. The van der Waals surface area contributed by atoms with Gasteiger partial charge in [-0.25, -0.2) is 4.98 Å². The fourth-order valence-corrected chi connectivity index (χ4v) is 1.39. The number of aromatic amines is 1.